The van der Waals surface area contributed by atoms with Crippen molar-refractivity contribution < 1.29 is 31.9 Å². The molecule has 0 fully saturated rings. The second-order valence-electron chi connectivity index (χ2n) is 5.79. The summed E-state index contributed by atoms with van der Waals surface area (Å²) in [6.07, 6.45) is -4.70. The van der Waals surface area contributed by atoms with Crippen LogP contribution in [0.15, 0.2) is 57.7 Å². The summed E-state index contributed by atoms with van der Waals surface area (Å²) in [6.45, 7) is -0.806. The van der Waals surface area contributed by atoms with E-state index in [-0.39, 0.29) is 16.7 Å². The number of carbonyl (C=O) groups is 2. The van der Waals surface area contributed by atoms with E-state index in [1.807, 2.05) is 0 Å². The molecule has 1 amide bonds. The molecule has 0 radical (unpaired) electrons. The number of anilines is 1. The SMILES string of the molecule is O=C(COC(=O)c1cc(=O)c2ccccc2o1)Nc1ccc(Cl)c(C(F)(F)F)c1. The predicted octanol–water partition coefficient (Wildman–Crippen LogP) is 4.26. The smallest absolute Gasteiger partial charge is 0.417 e. The summed E-state index contributed by atoms with van der Waals surface area (Å²) in [6, 6.07) is 9.97. The first-order valence-electron chi connectivity index (χ1n) is 8.02. The zero-order valence-electron chi connectivity index (χ0n) is 14.4. The van der Waals surface area contributed by atoms with Gasteiger partial charge in [0.15, 0.2) is 12.0 Å². The van der Waals surface area contributed by atoms with Gasteiger partial charge in [-0.25, -0.2) is 4.79 Å². The van der Waals surface area contributed by atoms with Crippen LogP contribution in [0.2, 0.25) is 5.02 Å². The molecular weight excluding hydrogens is 415 g/mol. The summed E-state index contributed by atoms with van der Waals surface area (Å²) in [5.41, 5.74) is -1.60. The number of para-hydroxylation sites is 1. The van der Waals surface area contributed by atoms with Gasteiger partial charge >= 0.3 is 12.1 Å². The van der Waals surface area contributed by atoms with Crippen molar-refractivity contribution in [3.8, 4) is 0 Å². The summed E-state index contributed by atoms with van der Waals surface area (Å²) in [5, 5.41) is 1.91. The van der Waals surface area contributed by atoms with E-state index < -0.39 is 46.4 Å². The van der Waals surface area contributed by atoms with Gasteiger partial charge in [0.2, 0.25) is 5.76 Å². The van der Waals surface area contributed by atoms with Crippen molar-refractivity contribution in [3.05, 3.63) is 75.1 Å². The molecule has 0 atom stereocenters. The number of hydrogen-bond acceptors (Lipinski definition) is 5. The fourth-order valence-electron chi connectivity index (χ4n) is 2.42. The Morgan fingerprint density at radius 3 is 2.55 bits per heavy atom. The third-order valence-electron chi connectivity index (χ3n) is 3.73. The average Bonchev–Trinajstić information content (AvgIpc) is 2.66. The largest absolute Gasteiger partial charge is 0.450 e. The summed E-state index contributed by atoms with van der Waals surface area (Å²) < 4.78 is 48.6. The van der Waals surface area contributed by atoms with E-state index in [1.165, 1.54) is 18.2 Å². The lowest BCUT2D eigenvalue weighted by Gasteiger charge is -2.12. The molecule has 0 saturated heterocycles. The number of rotatable bonds is 4. The molecule has 3 aromatic rings. The molecule has 1 aromatic heterocycles. The van der Waals surface area contributed by atoms with Crippen LogP contribution in [0.25, 0.3) is 11.0 Å². The lowest BCUT2D eigenvalue weighted by molar-refractivity contribution is -0.137. The number of amides is 1. The van der Waals surface area contributed by atoms with Crippen molar-refractivity contribution in [2.75, 3.05) is 11.9 Å². The second-order valence-corrected chi connectivity index (χ2v) is 6.19. The van der Waals surface area contributed by atoms with E-state index in [0.717, 1.165) is 12.1 Å². The first-order chi connectivity index (χ1) is 13.6. The molecule has 150 valence electrons. The maximum absolute atomic E-state index is 12.8. The zero-order valence-corrected chi connectivity index (χ0v) is 15.1. The summed E-state index contributed by atoms with van der Waals surface area (Å²) >= 11 is 5.50. The van der Waals surface area contributed by atoms with Gasteiger partial charge in [-0.1, -0.05) is 23.7 Å². The van der Waals surface area contributed by atoms with Crippen LogP contribution in [-0.4, -0.2) is 18.5 Å². The highest BCUT2D eigenvalue weighted by molar-refractivity contribution is 6.31. The monoisotopic (exact) mass is 425 g/mol. The van der Waals surface area contributed by atoms with Crippen molar-refractivity contribution in [3.63, 3.8) is 0 Å². The van der Waals surface area contributed by atoms with E-state index in [1.54, 1.807) is 12.1 Å². The Kier molecular flexibility index (Phi) is 5.60. The lowest BCUT2D eigenvalue weighted by atomic mass is 10.2. The van der Waals surface area contributed by atoms with Gasteiger partial charge in [0.05, 0.1) is 16.0 Å². The van der Waals surface area contributed by atoms with Crippen LogP contribution in [0, 0.1) is 0 Å². The lowest BCUT2D eigenvalue weighted by Crippen LogP contribution is -2.21. The van der Waals surface area contributed by atoms with Gasteiger partial charge in [0.1, 0.15) is 5.58 Å². The van der Waals surface area contributed by atoms with Gasteiger partial charge in [-0.15, -0.1) is 0 Å². The van der Waals surface area contributed by atoms with Gasteiger partial charge < -0.3 is 14.5 Å². The van der Waals surface area contributed by atoms with E-state index >= 15 is 0 Å². The normalized spacial score (nSPS) is 11.3. The Bertz CT molecular complexity index is 1160. The molecule has 1 N–H and O–H groups in total. The highest BCUT2D eigenvalue weighted by Gasteiger charge is 2.33. The van der Waals surface area contributed by atoms with Crippen LogP contribution < -0.4 is 10.7 Å². The third-order valence-corrected chi connectivity index (χ3v) is 4.06. The number of carbonyl (C=O) groups excluding carboxylic acids is 2. The zero-order chi connectivity index (χ0) is 21.2. The van der Waals surface area contributed by atoms with Gasteiger partial charge in [-0.05, 0) is 30.3 Å². The third kappa shape index (κ3) is 4.75. The Hall–Kier alpha value is -3.33. The van der Waals surface area contributed by atoms with Crippen molar-refractivity contribution in [2.45, 2.75) is 6.18 Å². The molecule has 29 heavy (non-hydrogen) atoms. The highest BCUT2D eigenvalue weighted by Crippen LogP contribution is 2.36. The van der Waals surface area contributed by atoms with Crippen molar-refractivity contribution >= 4 is 40.1 Å². The van der Waals surface area contributed by atoms with E-state index in [0.29, 0.717) is 6.07 Å². The van der Waals surface area contributed by atoms with Crippen LogP contribution in [0.3, 0.4) is 0 Å². The minimum absolute atomic E-state index is 0.164. The minimum Gasteiger partial charge on any atom is -0.450 e. The van der Waals surface area contributed by atoms with Gasteiger partial charge in [0.25, 0.3) is 5.91 Å². The standard InChI is InChI=1S/C19H11ClF3NO5/c20-13-6-5-10(7-12(13)19(21,22)23)24-17(26)9-28-18(27)16-8-14(25)11-3-1-2-4-15(11)29-16/h1-8H,9H2,(H,24,26). The Morgan fingerprint density at radius 2 is 1.83 bits per heavy atom. The van der Waals surface area contributed by atoms with Crippen LogP contribution >= 0.6 is 11.6 Å². The number of halogens is 4. The molecule has 0 unspecified atom stereocenters. The van der Waals surface area contributed by atoms with Crippen molar-refractivity contribution in [2.24, 2.45) is 0 Å². The number of nitrogens with one attached hydrogen (secondary N) is 1. The molecule has 0 bridgehead atoms. The van der Waals surface area contributed by atoms with Gasteiger partial charge in [-0.3, -0.25) is 9.59 Å². The molecular formula is C19H11ClF3NO5. The molecule has 0 spiro atoms. The molecule has 0 aliphatic heterocycles. The average molecular weight is 426 g/mol. The van der Waals surface area contributed by atoms with Crippen molar-refractivity contribution in [1.29, 1.82) is 0 Å². The minimum atomic E-state index is -4.70. The number of fused-ring (bicyclic) bond motifs is 1. The molecule has 3 rings (SSSR count). The highest BCUT2D eigenvalue weighted by atomic mass is 35.5. The molecule has 6 nitrogen and oxygen atoms in total. The summed E-state index contributed by atoms with van der Waals surface area (Å²) in [4.78, 5) is 35.9. The second kappa shape index (κ2) is 7.96. The first kappa shape index (κ1) is 20.4. The molecule has 0 aliphatic rings. The fraction of sp³-hybridized carbons (Fsp3) is 0.105. The van der Waals surface area contributed by atoms with Crippen LogP contribution in [0.5, 0.6) is 0 Å². The number of alkyl halides is 3. The van der Waals surface area contributed by atoms with Gasteiger partial charge in [0, 0.05) is 11.8 Å². The number of esters is 1. The molecule has 1 heterocycles. The Morgan fingerprint density at radius 1 is 1.10 bits per heavy atom. The van der Waals surface area contributed by atoms with Crippen LogP contribution in [-0.2, 0) is 15.7 Å². The Labute approximate surface area is 165 Å². The quantitative estimate of drug-likeness (QED) is 0.631. The number of ether oxygens (including phenoxy) is 1. The number of benzene rings is 2. The molecule has 0 saturated carbocycles. The van der Waals surface area contributed by atoms with E-state index in [4.69, 9.17) is 20.8 Å². The topological polar surface area (TPSA) is 85.6 Å². The summed E-state index contributed by atoms with van der Waals surface area (Å²) in [7, 11) is 0. The molecule has 0 aliphatic carbocycles. The number of hydrogen-bond donors (Lipinski definition) is 1. The van der Waals surface area contributed by atoms with Crippen LogP contribution in [0.4, 0.5) is 18.9 Å². The van der Waals surface area contributed by atoms with Crippen molar-refractivity contribution in [1.82, 2.24) is 0 Å². The maximum atomic E-state index is 12.8. The van der Waals surface area contributed by atoms with Crippen LogP contribution in [0.1, 0.15) is 16.1 Å². The molecule has 2 aromatic carbocycles. The predicted molar refractivity (Wildman–Crippen MR) is 97.9 cm³/mol. The maximum Gasteiger partial charge on any atom is 0.417 e. The van der Waals surface area contributed by atoms with Gasteiger partial charge in [-0.2, -0.15) is 13.2 Å². The van der Waals surface area contributed by atoms with E-state index in [2.05, 4.69) is 5.32 Å². The fourth-order valence-corrected chi connectivity index (χ4v) is 2.65. The molecule has 10 heteroatoms. The summed E-state index contributed by atoms with van der Waals surface area (Å²) in [5.74, 6) is -2.38. The first-order valence-corrected chi connectivity index (χ1v) is 8.39. The Balaban J connectivity index is 1.67. The van der Waals surface area contributed by atoms with E-state index in [9.17, 15) is 27.6 Å².